The van der Waals surface area contributed by atoms with Gasteiger partial charge in [0.15, 0.2) is 0 Å². The molecule has 0 fully saturated rings. The fraction of sp³-hybridized carbons (Fsp3) is 0.143. The molecule has 0 saturated heterocycles. The fourth-order valence-electron chi connectivity index (χ4n) is 1.60. The molecule has 0 atom stereocenters. The molecular formula is C14H14N4O. The van der Waals surface area contributed by atoms with Gasteiger partial charge >= 0.3 is 0 Å². The van der Waals surface area contributed by atoms with Crippen LogP contribution in [-0.4, -0.2) is 22.6 Å². The number of hydrogen-bond acceptors (Lipinski definition) is 3. The van der Waals surface area contributed by atoms with Crippen LogP contribution < -0.4 is 11.1 Å². The van der Waals surface area contributed by atoms with Crippen molar-refractivity contribution in [3.05, 3.63) is 53.3 Å². The summed E-state index contributed by atoms with van der Waals surface area (Å²) in [6, 6.07) is 7.65. The molecule has 19 heavy (non-hydrogen) atoms. The van der Waals surface area contributed by atoms with E-state index in [0.717, 1.165) is 11.1 Å². The number of carbonyl (C=O) groups is 1. The third kappa shape index (κ3) is 3.44. The number of aromatic amines is 1. The lowest BCUT2D eigenvalue weighted by atomic mass is 10.1. The number of nitrogens with one attached hydrogen (secondary N) is 2. The largest absolute Gasteiger partial charge is 0.348 e. The molecule has 5 heteroatoms. The molecule has 4 N–H and O–H groups in total. The van der Waals surface area contributed by atoms with Crippen LogP contribution in [0.5, 0.6) is 0 Å². The smallest absolute Gasteiger partial charge is 0.254 e. The van der Waals surface area contributed by atoms with Crippen molar-refractivity contribution in [3.8, 4) is 11.8 Å². The summed E-state index contributed by atoms with van der Waals surface area (Å²) in [5.74, 6) is 5.63. The van der Waals surface area contributed by atoms with Gasteiger partial charge in [0.05, 0.1) is 18.3 Å². The molecule has 1 aromatic carbocycles. The van der Waals surface area contributed by atoms with Gasteiger partial charge < -0.3 is 11.1 Å². The number of H-pyrrole nitrogens is 1. The number of nitrogens with zero attached hydrogens (tertiary/aromatic N) is 1. The normalized spacial score (nSPS) is 9.53. The highest BCUT2D eigenvalue weighted by molar-refractivity contribution is 5.93. The average molecular weight is 254 g/mol. The van der Waals surface area contributed by atoms with Crippen LogP contribution in [0.4, 0.5) is 0 Å². The Morgan fingerprint density at radius 2 is 2.26 bits per heavy atom. The van der Waals surface area contributed by atoms with Gasteiger partial charge in [-0.1, -0.05) is 30.0 Å². The van der Waals surface area contributed by atoms with E-state index in [2.05, 4.69) is 27.4 Å². The Morgan fingerprint density at radius 1 is 1.42 bits per heavy atom. The van der Waals surface area contributed by atoms with Crippen molar-refractivity contribution in [3.63, 3.8) is 0 Å². The van der Waals surface area contributed by atoms with E-state index in [4.69, 9.17) is 5.73 Å². The van der Waals surface area contributed by atoms with Gasteiger partial charge in [-0.05, 0) is 11.6 Å². The number of nitrogens with two attached hydrogens (primary N) is 1. The zero-order valence-electron chi connectivity index (χ0n) is 10.3. The van der Waals surface area contributed by atoms with Gasteiger partial charge in [-0.25, -0.2) is 0 Å². The minimum Gasteiger partial charge on any atom is -0.348 e. The quantitative estimate of drug-likeness (QED) is 0.703. The van der Waals surface area contributed by atoms with Gasteiger partial charge in [0.1, 0.15) is 0 Å². The molecule has 0 saturated carbocycles. The summed E-state index contributed by atoms with van der Waals surface area (Å²) in [5.41, 5.74) is 7.70. The Balaban J connectivity index is 2.05. The van der Waals surface area contributed by atoms with Crippen molar-refractivity contribution in [2.24, 2.45) is 5.73 Å². The Bertz CT molecular complexity index is 608. The van der Waals surface area contributed by atoms with E-state index >= 15 is 0 Å². The molecule has 1 amide bonds. The zero-order chi connectivity index (χ0) is 13.5. The van der Waals surface area contributed by atoms with E-state index in [0.29, 0.717) is 18.7 Å². The van der Waals surface area contributed by atoms with Crippen molar-refractivity contribution < 1.29 is 4.79 Å². The van der Waals surface area contributed by atoms with Crippen LogP contribution in [0.25, 0.3) is 0 Å². The molecule has 2 aromatic rings. The van der Waals surface area contributed by atoms with E-state index in [1.807, 2.05) is 24.3 Å². The molecule has 5 nitrogen and oxygen atoms in total. The highest BCUT2D eigenvalue weighted by Gasteiger charge is 2.06. The average Bonchev–Trinajstić information content (AvgIpc) is 2.97. The van der Waals surface area contributed by atoms with Crippen LogP contribution in [0.2, 0.25) is 0 Å². The monoisotopic (exact) mass is 254 g/mol. The van der Waals surface area contributed by atoms with Gasteiger partial charge in [0.25, 0.3) is 5.91 Å². The van der Waals surface area contributed by atoms with E-state index in [-0.39, 0.29) is 5.91 Å². The van der Waals surface area contributed by atoms with Crippen LogP contribution >= 0.6 is 0 Å². The molecule has 1 aromatic heterocycles. The van der Waals surface area contributed by atoms with Crippen LogP contribution in [0.3, 0.4) is 0 Å². The Labute approximate surface area is 111 Å². The SMILES string of the molecule is NCC#Cc1ccccc1CNC(=O)c1cn[nH]c1. The van der Waals surface area contributed by atoms with Gasteiger partial charge in [-0.2, -0.15) is 5.10 Å². The van der Waals surface area contributed by atoms with Gasteiger partial charge in [-0.15, -0.1) is 0 Å². The number of hydrogen-bond donors (Lipinski definition) is 3. The Morgan fingerprint density at radius 3 is 3.00 bits per heavy atom. The second-order valence-corrected chi connectivity index (χ2v) is 3.83. The summed E-state index contributed by atoms with van der Waals surface area (Å²) >= 11 is 0. The third-order valence-corrected chi connectivity index (χ3v) is 2.54. The maximum Gasteiger partial charge on any atom is 0.254 e. The van der Waals surface area contributed by atoms with E-state index in [9.17, 15) is 4.79 Å². The highest BCUT2D eigenvalue weighted by atomic mass is 16.1. The summed E-state index contributed by atoms with van der Waals surface area (Å²) in [7, 11) is 0. The van der Waals surface area contributed by atoms with E-state index in [1.54, 1.807) is 6.20 Å². The molecule has 96 valence electrons. The molecule has 0 aliphatic rings. The zero-order valence-corrected chi connectivity index (χ0v) is 10.3. The highest BCUT2D eigenvalue weighted by Crippen LogP contribution is 2.07. The van der Waals surface area contributed by atoms with E-state index in [1.165, 1.54) is 6.20 Å². The Hall–Kier alpha value is -2.58. The fourth-order valence-corrected chi connectivity index (χ4v) is 1.60. The third-order valence-electron chi connectivity index (χ3n) is 2.54. The van der Waals surface area contributed by atoms with Crippen molar-refractivity contribution in [1.29, 1.82) is 0 Å². The summed E-state index contributed by atoms with van der Waals surface area (Å²) in [6.45, 7) is 0.731. The first-order valence-electron chi connectivity index (χ1n) is 5.85. The summed E-state index contributed by atoms with van der Waals surface area (Å²) < 4.78 is 0. The molecule has 0 aliphatic heterocycles. The first kappa shape index (κ1) is 12.9. The van der Waals surface area contributed by atoms with Crippen molar-refractivity contribution in [1.82, 2.24) is 15.5 Å². The van der Waals surface area contributed by atoms with Crippen LogP contribution in [0.1, 0.15) is 21.5 Å². The minimum absolute atomic E-state index is 0.171. The van der Waals surface area contributed by atoms with Gasteiger partial charge in [-0.3, -0.25) is 9.89 Å². The first-order chi connectivity index (χ1) is 9.31. The van der Waals surface area contributed by atoms with Crippen LogP contribution in [-0.2, 0) is 6.54 Å². The maximum absolute atomic E-state index is 11.8. The van der Waals surface area contributed by atoms with Gasteiger partial charge in [0.2, 0.25) is 0 Å². The molecular weight excluding hydrogens is 240 g/mol. The second-order valence-electron chi connectivity index (χ2n) is 3.83. The predicted octanol–water partition coefficient (Wildman–Crippen LogP) is 0.650. The molecule has 2 rings (SSSR count). The molecule has 0 unspecified atom stereocenters. The summed E-state index contributed by atoms with van der Waals surface area (Å²) in [5, 5.41) is 9.16. The number of carbonyl (C=O) groups excluding carboxylic acids is 1. The molecule has 0 radical (unpaired) electrons. The molecule has 0 aliphatic carbocycles. The lowest BCUT2D eigenvalue weighted by Crippen LogP contribution is -2.22. The minimum atomic E-state index is -0.171. The van der Waals surface area contributed by atoms with Crippen molar-refractivity contribution in [2.75, 3.05) is 6.54 Å². The van der Waals surface area contributed by atoms with Crippen molar-refractivity contribution >= 4 is 5.91 Å². The summed E-state index contributed by atoms with van der Waals surface area (Å²) in [6.07, 6.45) is 3.03. The maximum atomic E-state index is 11.8. The second kappa shape index (κ2) is 6.38. The van der Waals surface area contributed by atoms with Gasteiger partial charge in [0, 0.05) is 18.3 Å². The predicted molar refractivity (Wildman–Crippen MR) is 72.1 cm³/mol. The number of amides is 1. The standard InChI is InChI=1S/C14H14N4O/c15-7-3-6-11-4-1-2-5-12(11)8-16-14(19)13-9-17-18-10-13/h1-2,4-5,9-10H,7-8,15H2,(H,16,19)(H,17,18). The Kier molecular flexibility index (Phi) is 4.32. The topological polar surface area (TPSA) is 83.8 Å². The number of aromatic nitrogens is 2. The molecule has 0 bridgehead atoms. The number of benzene rings is 1. The molecule has 1 heterocycles. The molecule has 0 spiro atoms. The lowest BCUT2D eigenvalue weighted by Gasteiger charge is -2.06. The van der Waals surface area contributed by atoms with E-state index < -0.39 is 0 Å². The first-order valence-corrected chi connectivity index (χ1v) is 5.85. The summed E-state index contributed by atoms with van der Waals surface area (Å²) in [4.78, 5) is 11.8. The van der Waals surface area contributed by atoms with Crippen LogP contribution in [0.15, 0.2) is 36.7 Å². The number of rotatable bonds is 3. The van der Waals surface area contributed by atoms with Crippen molar-refractivity contribution in [2.45, 2.75) is 6.54 Å². The van der Waals surface area contributed by atoms with Crippen LogP contribution in [0, 0.1) is 11.8 Å². The lowest BCUT2D eigenvalue weighted by molar-refractivity contribution is 0.0951.